The molecule has 1 atom stereocenters. The maximum absolute atomic E-state index is 5.11. The van der Waals surface area contributed by atoms with E-state index in [0.717, 1.165) is 5.76 Å². The van der Waals surface area contributed by atoms with Crippen LogP contribution >= 0.6 is 0 Å². The van der Waals surface area contributed by atoms with Gasteiger partial charge in [0.05, 0.1) is 12.9 Å². The van der Waals surface area contributed by atoms with Crippen LogP contribution in [0.25, 0.3) is 0 Å². The third-order valence-electron chi connectivity index (χ3n) is 2.21. The van der Waals surface area contributed by atoms with E-state index in [1.54, 1.807) is 7.11 Å². The number of ether oxygens (including phenoxy) is 1. The Kier molecular flexibility index (Phi) is 4.17. The number of rotatable bonds is 3. The first-order chi connectivity index (χ1) is 4.63. The van der Waals surface area contributed by atoms with E-state index in [0.29, 0.717) is 5.92 Å². The van der Waals surface area contributed by atoms with Gasteiger partial charge in [-0.3, -0.25) is 0 Å². The van der Waals surface area contributed by atoms with Crippen molar-refractivity contribution in [1.82, 2.24) is 0 Å². The van der Waals surface area contributed by atoms with Gasteiger partial charge in [-0.15, -0.1) is 0 Å². The molecule has 0 radical (unpaired) electrons. The Morgan fingerprint density at radius 1 is 1.40 bits per heavy atom. The Morgan fingerprint density at radius 2 is 1.90 bits per heavy atom. The first-order valence-corrected chi connectivity index (χ1v) is 3.84. The summed E-state index contributed by atoms with van der Waals surface area (Å²) in [5.41, 5.74) is 1.37. The Hall–Kier alpha value is -0.460. The Bertz CT molecular complexity index is 125. The standard InChI is InChI=1S/C9H18O/c1-6-7(2)8(3)9(4)10-5/h7H,6H2,1-5H3. The second-order valence-corrected chi connectivity index (χ2v) is 2.75. The van der Waals surface area contributed by atoms with E-state index in [9.17, 15) is 0 Å². The lowest BCUT2D eigenvalue weighted by Gasteiger charge is -2.11. The first-order valence-electron chi connectivity index (χ1n) is 3.84. The third-order valence-corrected chi connectivity index (χ3v) is 2.21. The highest BCUT2D eigenvalue weighted by Crippen LogP contribution is 2.17. The Balaban J connectivity index is 4.15. The van der Waals surface area contributed by atoms with Crippen molar-refractivity contribution in [2.24, 2.45) is 5.92 Å². The van der Waals surface area contributed by atoms with Crippen LogP contribution in [-0.2, 0) is 4.74 Å². The van der Waals surface area contributed by atoms with Crippen LogP contribution in [0, 0.1) is 5.92 Å². The number of methoxy groups -OCH3 is 1. The van der Waals surface area contributed by atoms with Crippen molar-refractivity contribution in [3.63, 3.8) is 0 Å². The molecule has 0 rings (SSSR count). The predicted octanol–water partition coefficient (Wildman–Crippen LogP) is 2.97. The molecule has 60 valence electrons. The highest BCUT2D eigenvalue weighted by Gasteiger charge is 2.04. The average molecular weight is 142 g/mol. The van der Waals surface area contributed by atoms with Gasteiger partial charge in [0, 0.05) is 0 Å². The highest BCUT2D eigenvalue weighted by molar-refractivity contribution is 5.06. The van der Waals surface area contributed by atoms with Gasteiger partial charge in [-0.05, 0) is 31.8 Å². The highest BCUT2D eigenvalue weighted by atomic mass is 16.5. The van der Waals surface area contributed by atoms with Crippen LogP contribution in [0.1, 0.15) is 34.1 Å². The van der Waals surface area contributed by atoms with Crippen LogP contribution < -0.4 is 0 Å². The van der Waals surface area contributed by atoms with Gasteiger partial charge >= 0.3 is 0 Å². The summed E-state index contributed by atoms with van der Waals surface area (Å²) in [4.78, 5) is 0. The minimum Gasteiger partial charge on any atom is -0.501 e. The Morgan fingerprint density at radius 3 is 2.20 bits per heavy atom. The Labute approximate surface area is 64.1 Å². The largest absolute Gasteiger partial charge is 0.501 e. The van der Waals surface area contributed by atoms with E-state index >= 15 is 0 Å². The van der Waals surface area contributed by atoms with Crippen molar-refractivity contribution in [3.05, 3.63) is 11.3 Å². The number of allylic oxidation sites excluding steroid dienone is 2. The van der Waals surface area contributed by atoms with E-state index in [1.165, 1.54) is 12.0 Å². The molecule has 0 saturated carbocycles. The van der Waals surface area contributed by atoms with E-state index in [1.807, 2.05) is 6.92 Å². The lowest BCUT2D eigenvalue weighted by atomic mass is 9.99. The van der Waals surface area contributed by atoms with Crippen LogP contribution in [0.5, 0.6) is 0 Å². The molecule has 1 heteroatoms. The molecule has 0 amide bonds. The summed E-state index contributed by atoms with van der Waals surface area (Å²) in [6, 6.07) is 0. The van der Waals surface area contributed by atoms with Gasteiger partial charge in [0.1, 0.15) is 0 Å². The van der Waals surface area contributed by atoms with E-state index < -0.39 is 0 Å². The van der Waals surface area contributed by atoms with E-state index in [2.05, 4.69) is 20.8 Å². The fraction of sp³-hybridized carbons (Fsp3) is 0.778. The van der Waals surface area contributed by atoms with E-state index in [4.69, 9.17) is 4.74 Å². The van der Waals surface area contributed by atoms with E-state index in [-0.39, 0.29) is 0 Å². The summed E-state index contributed by atoms with van der Waals surface area (Å²) < 4.78 is 5.11. The van der Waals surface area contributed by atoms with Gasteiger partial charge in [0.25, 0.3) is 0 Å². The maximum Gasteiger partial charge on any atom is 0.0916 e. The fourth-order valence-corrected chi connectivity index (χ4v) is 0.814. The van der Waals surface area contributed by atoms with Crippen LogP contribution in [0.4, 0.5) is 0 Å². The smallest absolute Gasteiger partial charge is 0.0916 e. The summed E-state index contributed by atoms with van der Waals surface area (Å²) in [6.07, 6.45) is 1.19. The van der Waals surface area contributed by atoms with Gasteiger partial charge in [-0.1, -0.05) is 13.8 Å². The van der Waals surface area contributed by atoms with Crippen molar-refractivity contribution in [1.29, 1.82) is 0 Å². The molecule has 0 aliphatic heterocycles. The zero-order valence-electron chi connectivity index (χ0n) is 7.69. The lowest BCUT2D eigenvalue weighted by molar-refractivity contribution is 0.283. The minimum absolute atomic E-state index is 0.653. The van der Waals surface area contributed by atoms with Crippen LogP contribution in [0.2, 0.25) is 0 Å². The monoisotopic (exact) mass is 142 g/mol. The van der Waals surface area contributed by atoms with Crippen molar-refractivity contribution in [2.45, 2.75) is 34.1 Å². The normalized spacial score (nSPS) is 16.1. The quantitative estimate of drug-likeness (QED) is 0.550. The van der Waals surface area contributed by atoms with Crippen molar-refractivity contribution in [3.8, 4) is 0 Å². The zero-order chi connectivity index (χ0) is 8.15. The molecule has 0 aliphatic carbocycles. The predicted molar refractivity (Wildman–Crippen MR) is 44.8 cm³/mol. The third kappa shape index (κ3) is 2.42. The van der Waals surface area contributed by atoms with Gasteiger partial charge in [0.2, 0.25) is 0 Å². The van der Waals surface area contributed by atoms with Crippen molar-refractivity contribution < 1.29 is 4.74 Å². The molecule has 0 fully saturated rings. The first kappa shape index (κ1) is 9.54. The van der Waals surface area contributed by atoms with Crippen LogP contribution in [-0.4, -0.2) is 7.11 Å². The van der Waals surface area contributed by atoms with Gasteiger partial charge in [0.15, 0.2) is 0 Å². The molecule has 0 spiro atoms. The van der Waals surface area contributed by atoms with Crippen molar-refractivity contribution in [2.75, 3.05) is 7.11 Å². The molecule has 1 unspecified atom stereocenters. The number of hydrogen-bond acceptors (Lipinski definition) is 1. The second kappa shape index (κ2) is 4.37. The zero-order valence-corrected chi connectivity index (χ0v) is 7.69. The number of hydrogen-bond donors (Lipinski definition) is 0. The maximum atomic E-state index is 5.11. The summed E-state index contributed by atoms with van der Waals surface area (Å²) in [7, 11) is 1.72. The average Bonchev–Trinajstić information content (AvgIpc) is 2.00. The summed E-state index contributed by atoms with van der Waals surface area (Å²) in [6.45, 7) is 8.56. The topological polar surface area (TPSA) is 9.23 Å². The molecule has 1 nitrogen and oxygen atoms in total. The molecule has 0 aromatic carbocycles. The van der Waals surface area contributed by atoms with Gasteiger partial charge in [-0.25, -0.2) is 0 Å². The molecule has 0 saturated heterocycles. The molecule has 0 aromatic heterocycles. The lowest BCUT2D eigenvalue weighted by Crippen LogP contribution is -1.98. The summed E-state index contributed by atoms with van der Waals surface area (Å²) >= 11 is 0. The van der Waals surface area contributed by atoms with Crippen molar-refractivity contribution >= 4 is 0 Å². The molecule has 0 aromatic rings. The molecular formula is C9H18O. The molecule has 0 heterocycles. The molecule has 0 N–H and O–H groups in total. The summed E-state index contributed by atoms with van der Waals surface area (Å²) in [5, 5.41) is 0. The molecule has 0 bridgehead atoms. The second-order valence-electron chi connectivity index (χ2n) is 2.75. The van der Waals surface area contributed by atoms with Gasteiger partial charge in [-0.2, -0.15) is 0 Å². The van der Waals surface area contributed by atoms with Gasteiger partial charge < -0.3 is 4.74 Å². The van der Waals surface area contributed by atoms with Crippen LogP contribution in [0.15, 0.2) is 11.3 Å². The molecular weight excluding hydrogens is 124 g/mol. The molecule has 10 heavy (non-hydrogen) atoms. The minimum atomic E-state index is 0.653. The van der Waals surface area contributed by atoms with Crippen LogP contribution in [0.3, 0.4) is 0 Å². The molecule has 0 aliphatic rings. The fourth-order valence-electron chi connectivity index (χ4n) is 0.814. The SMILES string of the molecule is CCC(C)C(C)=C(C)OC. The summed E-state index contributed by atoms with van der Waals surface area (Å²) in [5.74, 6) is 1.72.